The zero-order valence-electron chi connectivity index (χ0n) is 13.7. The van der Waals surface area contributed by atoms with Crippen LogP contribution in [0.4, 0.5) is 0 Å². The van der Waals surface area contributed by atoms with Gasteiger partial charge in [0.2, 0.25) is 5.91 Å². The third kappa shape index (κ3) is 3.76. The summed E-state index contributed by atoms with van der Waals surface area (Å²) in [5.74, 6) is 1.46. The number of nitrogens with one attached hydrogen (secondary N) is 1. The summed E-state index contributed by atoms with van der Waals surface area (Å²) in [4.78, 5) is 13.9. The number of aliphatic hydroxyl groups excluding tert-OH is 1. The SMILES string of the molecule is CC(=O)N[C@H]1CCCC[C@]12CN(Cc1ccc(CO)o1)CCO2. The molecule has 1 saturated heterocycles. The Kier molecular flexibility index (Phi) is 5.04. The molecule has 0 bridgehead atoms. The van der Waals surface area contributed by atoms with Gasteiger partial charge in [-0.3, -0.25) is 9.69 Å². The van der Waals surface area contributed by atoms with E-state index in [2.05, 4.69) is 10.2 Å². The van der Waals surface area contributed by atoms with Crippen molar-refractivity contribution in [3.05, 3.63) is 23.7 Å². The fraction of sp³-hybridized carbons (Fsp3) is 0.706. The van der Waals surface area contributed by atoms with Gasteiger partial charge in [0.15, 0.2) is 0 Å². The number of carbonyl (C=O) groups is 1. The Morgan fingerprint density at radius 1 is 1.43 bits per heavy atom. The van der Waals surface area contributed by atoms with Gasteiger partial charge < -0.3 is 19.6 Å². The first-order valence-corrected chi connectivity index (χ1v) is 8.43. The first-order valence-electron chi connectivity index (χ1n) is 8.43. The summed E-state index contributed by atoms with van der Waals surface area (Å²) >= 11 is 0. The Morgan fingerprint density at radius 2 is 2.26 bits per heavy atom. The van der Waals surface area contributed by atoms with Crippen LogP contribution in [0.1, 0.15) is 44.1 Å². The van der Waals surface area contributed by atoms with Crippen molar-refractivity contribution in [2.75, 3.05) is 19.7 Å². The summed E-state index contributed by atoms with van der Waals surface area (Å²) < 4.78 is 11.8. The van der Waals surface area contributed by atoms with Crippen LogP contribution in [0.2, 0.25) is 0 Å². The summed E-state index contributed by atoms with van der Waals surface area (Å²) in [6, 6.07) is 3.81. The standard InChI is InChI=1S/C17H26N2O4/c1-13(21)18-16-4-2-3-7-17(16)12-19(8-9-22-17)10-14-5-6-15(11-20)23-14/h5-6,16,20H,2-4,7-12H2,1H3,(H,18,21)/t16-,17-/m0/s1. The third-order valence-electron chi connectivity index (χ3n) is 4.90. The Hall–Kier alpha value is -1.37. The molecule has 2 atom stereocenters. The molecule has 3 rings (SSSR count). The van der Waals surface area contributed by atoms with E-state index in [1.165, 1.54) is 0 Å². The molecular weight excluding hydrogens is 296 g/mol. The normalized spacial score (nSPS) is 28.9. The first kappa shape index (κ1) is 16.5. The van der Waals surface area contributed by atoms with Crippen LogP contribution in [0.25, 0.3) is 0 Å². The number of morpholine rings is 1. The smallest absolute Gasteiger partial charge is 0.217 e. The number of hydrogen-bond donors (Lipinski definition) is 2. The van der Waals surface area contributed by atoms with Crippen LogP contribution >= 0.6 is 0 Å². The van der Waals surface area contributed by atoms with Crippen molar-refractivity contribution in [3.63, 3.8) is 0 Å². The maximum Gasteiger partial charge on any atom is 0.217 e. The largest absolute Gasteiger partial charge is 0.462 e. The molecule has 0 unspecified atom stereocenters. The van der Waals surface area contributed by atoms with E-state index in [4.69, 9.17) is 14.3 Å². The van der Waals surface area contributed by atoms with Crippen LogP contribution in [0.5, 0.6) is 0 Å². The summed E-state index contributed by atoms with van der Waals surface area (Å²) in [7, 11) is 0. The van der Waals surface area contributed by atoms with Gasteiger partial charge in [-0.1, -0.05) is 12.8 Å². The molecule has 23 heavy (non-hydrogen) atoms. The highest BCUT2D eigenvalue weighted by atomic mass is 16.5. The number of rotatable bonds is 4. The lowest BCUT2D eigenvalue weighted by molar-refractivity contribution is -0.151. The molecule has 1 amide bonds. The van der Waals surface area contributed by atoms with Gasteiger partial charge in [-0.05, 0) is 25.0 Å². The van der Waals surface area contributed by atoms with Crippen molar-refractivity contribution in [2.24, 2.45) is 0 Å². The van der Waals surface area contributed by atoms with Gasteiger partial charge in [0.1, 0.15) is 23.7 Å². The molecule has 0 aromatic carbocycles. The second-order valence-electron chi connectivity index (χ2n) is 6.65. The topological polar surface area (TPSA) is 74.9 Å². The van der Waals surface area contributed by atoms with Crippen molar-refractivity contribution in [1.82, 2.24) is 10.2 Å². The minimum absolute atomic E-state index is 0.00983. The molecule has 128 valence electrons. The molecule has 1 spiro atoms. The minimum Gasteiger partial charge on any atom is -0.462 e. The summed E-state index contributed by atoms with van der Waals surface area (Å²) in [6.07, 6.45) is 4.23. The maximum atomic E-state index is 11.5. The van der Waals surface area contributed by atoms with Crippen molar-refractivity contribution in [3.8, 4) is 0 Å². The van der Waals surface area contributed by atoms with Gasteiger partial charge in [0, 0.05) is 20.0 Å². The maximum absolute atomic E-state index is 11.5. The molecule has 2 N–H and O–H groups in total. The summed E-state index contributed by atoms with van der Waals surface area (Å²) in [5.41, 5.74) is -0.283. The van der Waals surface area contributed by atoms with E-state index in [1.54, 1.807) is 6.92 Å². The monoisotopic (exact) mass is 322 g/mol. The van der Waals surface area contributed by atoms with Gasteiger partial charge in [0.25, 0.3) is 0 Å². The number of ether oxygens (including phenoxy) is 1. The number of amides is 1. The molecule has 0 radical (unpaired) electrons. The molecule has 1 saturated carbocycles. The molecule has 1 aromatic rings. The van der Waals surface area contributed by atoms with Gasteiger partial charge in [-0.2, -0.15) is 0 Å². The highest BCUT2D eigenvalue weighted by molar-refractivity contribution is 5.73. The number of hydrogen-bond acceptors (Lipinski definition) is 5. The number of furan rings is 1. The molecule has 2 fully saturated rings. The van der Waals surface area contributed by atoms with Gasteiger partial charge in [-0.25, -0.2) is 0 Å². The fourth-order valence-electron chi connectivity index (χ4n) is 3.85. The number of carbonyl (C=O) groups excluding carboxylic acids is 1. The first-order chi connectivity index (χ1) is 11.1. The van der Waals surface area contributed by atoms with Crippen molar-refractivity contribution >= 4 is 5.91 Å². The summed E-state index contributed by atoms with van der Waals surface area (Å²) in [6.45, 7) is 4.53. The molecular formula is C17H26N2O4. The van der Waals surface area contributed by atoms with Gasteiger partial charge >= 0.3 is 0 Å². The third-order valence-corrected chi connectivity index (χ3v) is 4.90. The lowest BCUT2D eigenvalue weighted by Gasteiger charge is -2.49. The molecule has 1 aliphatic carbocycles. The Balaban J connectivity index is 1.69. The molecule has 1 aliphatic heterocycles. The molecule has 6 heteroatoms. The van der Waals surface area contributed by atoms with Crippen LogP contribution < -0.4 is 5.32 Å². The quantitative estimate of drug-likeness (QED) is 0.877. The fourth-order valence-corrected chi connectivity index (χ4v) is 3.85. The zero-order chi connectivity index (χ0) is 16.3. The van der Waals surface area contributed by atoms with Gasteiger partial charge in [0.05, 0.1) is 19.2 Å². The van der Waals surface area contributed by atoms with E-state index in [-0.39, 0.29) is 24.2 Å². The lowest BCUT2D eigenvalue weighted by atomic mass is 9.78. The van der Waals surface area contributed by atoms with E-state index in [0.29, 0.717) is 18.9 Å². The molecule has 2 heterocycles. The number of aliphatic hydroxyl groups is 1. The van der Waals surface area contributed by atoms with Crippen molar-refractivity contribution in [2.45, 2.75) is 57.4 Å². The van der Waals surface area contributed by atoms with Gasteiger partial charge in [-0.15, -0.1) is 0 Å². The second-order valence-corrected chi connectivity index (χ2v) is 6.65. The van der Waals surface area contributed by atoms with E-state index >= 15 is 0 Å². The predicted octanol–water partition coefficient (Wildman–Crippen LogP) is 1.42. The number of nitrogens with zero attached hydrogens (tertiary/aromatic N) is 1. The van der Waals surface area contributed by atoms with E-state index < -0.39 is 0 Å². The second kappa shape index (κ2) is 7.03. The highest BCUT2D eigenvalue weighted by Gasteiger charge is 2.45. The van der Waals surface area contributed by atoms with Crippen molar-refractivity contribution in [1.29, 1.82) is 0 Å². The average Bonchev–Trinajstić information content (AvgIpc) is 2.97. The molecule has 6 nitrogen and oxygen atoms in total. The van der Waals surface area contributed by atoms with Crippen LogP contribution in [0, 0.1) is 0 Å². The summed E-state index contributed by atoms with van der Waals surface area (Å²) in [5, 5.41) is 12.2. The zero-order valence-corrected chi connectivity index (χ0v) is 13.7. The van der Waals surface area contributed by atoms with Crippen LogP contribution in [-0.2, 0) is 22.7 Å². The Labute approximate surface area is 136 Å². The van der Waals surface area contributed by atoms with Crippen LogP contribution in [0.15, 0.2) is 16.5 Å². The lowest BCUT2D eigenvalue weighted by Crippen LogP contribution is -2.63. The Morgan fingerprint density at radius 3 is 3.00 bits per heavy atom. The van der Waals surface area contributed by atoms with Crippen LogP contribution in [0.3, 0.4) is 0 Å². The molecule has 1 aromatic heterocycles. The Bertz CT molecular complexity index is 540. The van der Waals surface area contributed by atoms with E-state index in [9.17, 15) is 4.79 Å². The van der Waals surface area contributed by atoms with E-state index in [0.717, 1.165) is 44.5 Å². The molecule has 2 aliphatic rings. The van der Waals surface area contributed by atoms with E-state index in [1.807, 2.05) is 12.1 Å². The highest BCUT2D eigenvalue weighted by Crippen LogP contribution is 2.35. The van der Waals surface area contributed by atoms with Crippen molar-refractivity contribution < 1.29 is 19.1 Å². The minimum atomic E-state index is -0.283. The predicted molar refractivity (Wildman–Crippen MR) is 84.7 cm³/mol. The van der Waals surface area contributed by atoms with Crippen LogP contribution in [-0.4, -0.2) is 47.3 Å². The average molecular weight is 322 g/mol.